The maximum absolute atomic E-state index is 13.2. The summed E-state index contributed by atoms with van der Waals surface area (Å²) in [4.78, 5) is 10.0. The highest BCUT2D eigenvalue weighted by Crippen LogP contribution is 2.40. The largest absolute Gasteiger partial charge is 0.423 e. The number of nitrogens with two attached hydrogens (primary N) is 1. The number of rotatable bonds is 4. The summed E-state index contributed by atoms with van der Waals surface area (Å²) in [6, 6.07) is 7.61. The topological polar surface area (TPSA) is 128 Å². The van der Waals surface area contributed by atoms with Gasteiger partial charge in [-0.2, -0.15) is 4.98 Å². The van der Waals surface area contributed by atoms with Crippen LogP contribution in [-0.2, 0) is 9.84 Å². The van der Waals surface area contributed by atoms with E-state index in [1.165, 1.54) is 12.3 Å². The average Bonchev–Trinajstić information content (AvgIpc) is 3.28. The number of benzene rings is 1. The Kier molecular flexibility index (Phi) is 4.68. The Hall–Kier alpha value is -2.72. The first-order valence-corrected chi connectivity index (χ1v) is 10.4. The fourth-order valence-corrected chi connectivity index (χ4v) is 5.55. The summed E-state index contributed by atoms with van der Waals surface area (Å²) in [6.45, 7) is 1.85. The average molecular weight is 421 g/mol. The highest BCUT2D eigenvalue weighted by Gasteiger charge is 2.44. The first-order chi connectivity index (χ1) is 13.4. The van der Waals surface area contributed by atoms with Gasteiger partial charge in [0.05, 0.1) is 15.2 Å². The molecular weight excluding hydrogens is 404 g/mol. The second-order valence-electron chi connectivity index (χ2n) is 6.43. The van der Waals surface area contributed by atoms with Crippen LogP contribution in [0.1, 0.15) is 24.2 Å². The van der Waals surface area contributed by atoms with Crippen molar-refractivity contribution in [3.63, 3.8) is 0 Å². The number of sulfone groups is 1. The number of hydrogen-bond donors (Lipinski definition) is 1. The lowest BCUT2D eigenvalue weighted by atomic mass is 10.2. The zero-order valence-electron chi connectivity index (χ0n) is 14.9. The Bertz CT molecular complexity index is 1120. The van der Waals surface area contributed by atoms with Crippen molar-refractivity contribution in [1.29, 1.82) is 0 Å². The van der Waals surface area contributed by atoms with Crippen LogP contribution in [0.4, 0.5) is 11.8 Å². The van der Waals surface area contributed by atoms with Gasteiger partial charge in [0.15, 0.2) is 9.84 Å². The molecule has 1 aliphatic rings. The Morgan fingerprint density at radius 1 is 1.25 bits per heavy atom. The molecule has 0 spiro atoms. The first-order valence-electron chi connectivity index (χ1n) is 8.50. The third kappa shape index (κ3) is 3.29. The lowest BCUT2D eigenvalue weighted by Crippen LogP contribution is -2.28. The molecular formula is C17H17ClN6O3S. The number of aryl methyl sites for hydroxylation is 1. The van der Waals surface area contributed by atoms with Crippen LogP contribution in [0.3, 0.4) is 0 Å². The van der Waals surface area contributed by atoms with E-state index in [-0.39, 0.29) is 28.8 Å². The van der Waals surface area contributed by atoms with E-state index in [1.54, 1.807) is 36.1 Å². The number of nitrogen functional groups attached to an aromatic ring is 1. The summed E-state index contributed by atoms with van der Waals surface area (Å²) in [7, 11) is -3.69. The number of hydrogen-bond acceptors (Lipinski definition) is 9. The molecule has 1 fully saturated rings. The van der Waals surface area contributed by atoms with Gasteiger partial charge in [-0.1, -0.05) is 23.7 Å². The van der Waals surface area contributed by atoms with Crippen molar-refractivity contribution >= 4 is 33.2 Å². The van der Waals surface area contributed by atoms with Crippen molar-refractivity contribution in [2.24, 2.45) is 0 Å². The van der Waals surface area contributed by atoms with Crippen molar-refractivity contribution in [3.8, 4) is 0 Å². The van der Waals surface area contributed by atoms with Crippen LogP contribution in [0.15, 0.2) is 45.8 Å². The zero-order valence-corrected chi connectivity index (χ0v) is 16.4. The maximum atomic E-state index is 13.2. The van der Waals surface area contributed by atoms with Crippen LogP contribution < -0.4 is 10.6 Å². The van der Waals surface area contributed by atoms with Gasteiger partial charge < -0.3 is 15.1 Å². The van der Waals surface area contributed by atoms with E-state index in [1.807, 2.05) is 0 Å². The molecule has 2 N–H and O–H groups in total. The van der Waals surface area contributed by atoms with E-state index in [0.717, 1.165) is 0 Å². The smallest absolute Gasteiger partial charge is 0.238 e. The van der Waals surface area contributed by atoms with Crippen LogP contribution in [0.5, 0.6) is 0 Å². The number of nitrogens with zero attached hydrogens (tertiary/aromatic N) is 5. The molecule has 0 unspecified atom stereocenters. The lowest BCUT2D eigenvalue weighted by Gasteiger charge is -2.22. The summed E-state index contributed by atoms with van der Waals surface area (Å²) in [6.07, 6.45) is 1.77. The molecule has 0 aliphatic carbocycles. The van der Waals surface area contributed by atoms with Gasteiger partial charge in [-0.25, -0.2) is 13.4 Å². The molecule has 0 bridgehead atoms. The highest BCUT2D eigenvalue weighted by atomic mass is 35.5. The maximum Gasteiger partial charge on any atom is 0.238 e. The van der Waals surface area contributed by atoms with E-state index < -0.39 is 21.1 Å². The second kappa shape index (κ2) is 7.02. The van der Waals surface area contributed by atoms with Gasteiger partial charge in [0.25, 0.3) is 0 Å². The molecule has 0 radical (unpaired) electrons. The third-order valence-electron chi connectivity index (χ3n) is 4.63. The Labute approximate surface area is 166 Å². The van der Waals surface area contributed by atoms with Crippen LogP contribution in [-0.4, -0.2) is 40.4 Å². The minimum absolute atomic E-state index is 0.0929. The van der Waals surface area contributed by atoms with Gasteiger partial charge in [0.1, 0.15) is 11.9 Å². The van der Waals surface area contributed by atoms with E-state index in [9.17, 15) is 8.42 Å². The van der Waals surface area contributed by atoms with Crippen molar-refractivity contribution < 1.29 is 12.8 Å². The van der Waals surface area contributed by atoms with Gasteiger partial charge in [0, 0.05) is 19.7 Å². The SMILES string of the molecule is Cc1nnc([C@H]2C[C@H](S(=O)(=O)c3ccccc3Cl)CN2c2ccnc(N)n2)o1. The normalized spacial score (nSPS) is 19.9. The van der Waals surface area contributed by atoms with E-state index in [2.05, 4.69) is 20.2 Å². The molecule has 11 heteroatoms. The molecule has 4 rings (SSSR count). The standard InChI is InChI=1S/C17H17ClN6O3S/c1-10-22-23-16(27-10)13-8-11(9-24(13)15-6-7-20-17(19)21-15)28(25,26)14-5-3-2-4-12(14)18/h2-7,11,13H,8-9H2,1H3,(H2,19,20,21)/t11-,13+/m0/s1. The van der Waals surface area contributed by atoms with E-state index >= 15 is 0 Å². The van der Waals surface area contributed by atoms with Gasteiger partial charge in [-0.15, -0.1) is 10.2 Å². The Morgan fingerprint density at radius 3 is 2.71 bits per heavy atom. The number of anilines is 2. The van der Waals surface area contributed by atoms with Crippen molar-refractivity contribution in [3.05, 3.63) is 53.3 Å². The lowest BCUT2D eigenvalue weighted by molar-refractivity contribution is 0.429. The highest BCUT2D eigenvalue weighted by molar-refractivity contribution is 7.92. The molecule has 3 aromatic rings. The molecule has 2 aromatic heterocycles. The summed E-state index contributed by atoms with van der Waals surface area (Å²) >= 11 is 6.15. The molecule has 1 aliphatic heterocycles. The summed E-state index contributed by atoms with van der Waals surface area (Å²) in [5, 5.41) is 7.40. The van der Waals surface area contributed by atoms with Crippen LogP contribution in [0.2, 0.25) is 5.02 Å². The molecule has 28 heavy (non-hydrogen) atoms. The Balaban J connectivity index is 1.75. The molecule has 0 saturated carbocycles. The predicted octanol–water partition coefficient (Wildman–Crippen LogP) is 2.20. The fraction of sp³-hybridized carbons (Fsp3) is 0.294. The molecule has 1 saturated heterocycles. The predicted molar refractivity (Wildman–Crippen MR) is 103 cm³/mol. The van der Waals surface area contributed by atoms with Crippen molar-refractivity contribution in [2.45, 2.75) is 29.5 Å². The first kappa shape index (κ1) is 18.6. The van der Waals surface area contributed by atoms with Crippen LogP contribution in [0.25, 0.3) is 0 Å². The fourth-order valence-electron chi connectivity index (χ4n) is 3.33. The molecule has 9 nitrogen and oxygen atoms in total. The van der Waals surface area contributed by atoms with E-state index in [4.69, 9.17) is 21.8 Å². The molecule has 0 amide bonds. The molecule has 146 valence electrons. The summed E-state index contributed by atoms with van der Waals surface area (Å²) in [5.41, 5.74) is 5.71. The monoisotopic (exact) mass is 420 g/mol. The number of aromatic nitrogens is 4. The van der Waals surface area contributed by atoms with Gasteiger partial charge in [-0.05, 0) is 24.6 Å². The minimum atomic E-state index is -3.69. The van der Waals surface area contributed by atoms with Gasteiger partial charge in [0.2, 0.25) is 17.7 Å². The quantitative estimate of drug-likeness (QED) is 0.675. The molecule has 3 heterocycles. The summed E-state index contributed by atoms with van der Waals surface area (Å²) in [5.74, 6) is 1.31. The van der Waals surface area contributed by atoms with Crippen LogP contribution >= 0.6 is 11.6 Å². The second-order valence-corrected chi connectivity index (χ2v) is 9.04. The minimum Gasteiger partial charge on any atom is -0.423 e. The van der Waals surface area contributed by atoms with Crippen molar-refractivity contribution in [2.75, 3.05) is 17.2 Å². The molecule has 1 aromatic carbocycles. The Morgan fingerprint density at radius 2 is 2.04 bits per heavy atom. The molecule has 2 atom stereocenters. The van der Waals surface area contributed by atoms with E-state index in [0.29, 0.717) is 17.6 Å². The summed E-state index contributed by atoms with van der Waals surface area (Å²) < 4.78 is 32.1. The number of halogens is 1. The zero-order chi connectivity index (χ0) is 19.9. The van der Waals surface area contributed by atoms with Gasteiger partial charge >= 0.3 is 0 Å². The van der Waals surface area contributed by atoms with Crippen LogP contribution in [0, 0.1) is 6.92 Å². The third-order valence-corrected chi connectivity index (χ3v) is 7.26. The van der Waals surface area contributed by atoms with Gasteiger partial charge in [-0.3, -0.25) is 0 Å². The van der Waals surface area contributed by atoms with Crippen molar-refractivity contribution in [1.82, 2.24) is 20.2 Å².